The number of hydrogen-bond acceptors (Lipinski definition) is 5. The number of nitrogens with one attached hydrogen (secondary N) is 2. The predicted octanol–water partition coefficient (Wildman–Crippen LogP) is 0.691. The van der Waals surface area contributed by atoms with Crippen LogP contribution in [0.4, 0.5) is 5.69 Å². The second-order valence-corrected chi connectivity index (χ2v) is 3.89. The summed E-state index contributed by atoms with van der Waals surface area (Å²) in [6.07, 6.45) is 2.57. The first kappa shape index (κ1) is 14.6. The third-order valence-corrected chi connectivity index (χ3v) is 2.49. The molecule has 3 N–H and O–H groups in total. The van der Waals surface area contributed by atoms with Gasteiger partial charge in [0.15, 0.2) is 0 Å². The lowest BCUT2D eigenvalue weighted by Crippen LogP contribution is -2.41. The van der Waals surface area contributed by atoms with E-state index in [4.69, 9.17) is 5.11 Å². The lowest BCUT2D eigenvalue weighted by molar-refractivity contribution is -0.385. The molecular weight excluding hydrogens is 256 g/mol. The van der Waals surface area contributed by atoms with Crippen LogP contribution in [0.15, 0.2) is 6.20 Å². The second-order valence-electron chi connectivity index (χ2n) is 3.89. The maximum absolute atomic E-state index is 11.8. The Morgan fingerprint density at radius 2 is 2.32 bits per heavy atom. The van der Waals surface area contributed by atoms with Gasteiger partial charge in [-0.1, -0.05) is 19.8 Å². The molecule has 9 heteroatoms. The Bertz CT molecular complexity index is 484. The van der Waals surface area contributed by atoms with E-state index in [2.05, 4.69) is 15.5 Å². The average Bonchev–Trinajstić information content (AvgIpc) is 2.83. The van der Waals surface area contributed by atoms with E-state index < -0.39 is 28.5 Å². The Hall–Kier alpha value is -2.45. The highest BCUT2D eigenvalue weighted by Crippen LogP contribution is 2.14. The molecule has 1 aromatic heterocycles. The number of amides is 1. The first-order chi connectivity index (χ1) is 8.97. The fourth-order valence-electron chi connectivity index (χ4n) is 1.48. The molecule has 0 aliphatic carbocycles. The summed E-state index contributed by atoms with van der Waals surface area (Å²) < 4.78 is 0. The molecule has 1 aromatic rings. The molecule has 104 valence electrons. The molecule has 1 rings (SSSR count). The molecule has 0 aliphatic heterocycles. The molecule has 0 spiro atoms. The molecule has 0 bridgehead atoms. The standard InChI is InChI=1S/C10H14N4O5/c1-2-3-4-6(10(16)17)12-9(15)8-7(14(18)19)5-11-13-8/h5-6H,2-4H2,1H3,(H,11,13)(H,12,15)(H,16,17)/t6-/m0/s1. The Balaban J connectivity index is 2.79. The Kier molecular flexibility index (Phi) is 4.98. The topological polar surface area (TPSA) is 138 Å². The average molecular weight is 270 g/mol. The van der Waals surface area contributed by atoms with Crippen molar-refractivity contribution in [3.05, 3.63) is 22.0 Å². The van der Waals surface area contributed by atoms with Gasteiger partial charge >= 0.3 is 11.7 Å². The van der Waals surface area contributed by atoms with Gasteiger partial charge in [-0.2, -0.15) is 5.10 Å². The number of aromatic nitrogens is 2. The molecule has 0 radical (unpaired) electrons. The number of aliphatic carboxylic acids is 1. The summed E-state index contributed by atoms with van der Waals surface area (Å²) in [5, 5.41) is 27.4. The Labute approximate surface area is 108 Å². The number of rotatable bonds is 7. The van der Waals surface area contributed by atoms with Gasteiger partial charge in [-0.05, 0) is 6.42 Å². The van der Waals surface area contributed by atoms with Gasteiger partial charge in [-0.3, -0.25) is 20.0 Å². The van der Waals surface area contributed by atoms with Crippen LogP contribution in [0.5, 0.6) is 0 Å². The van der Waals surface area contributed by atoms with Crippen LogP contribution < -0.4 is 5.32 Å². The highest BCUT2D eigenvalue weighted by molar-refractivity contribution is 5.98. The quantitative estimate of drug-likeness (QED) is 0.492. The minimum Gasteiger partial charge on any atom is -0.480 e. The third-order valence-electron chi connectivity index (χ3n) is 2.49. The molecule has 0 aliphatic rings. The Morgan fingerprint density at radius 1 is 1.63 bits per heavy atom. The molecule has 1 amide bonds. The normalized spacial score (nSPS) is 11.8. The van der Waals surface area contributed by atoms with E-state index in [0.29, 0.717) is 6.42 Å². The van der Waals surface area contributed by atoms with E-state index in [0.717, 1.165) is 12.6 Å². The summed E-state index contributed by atoms with van der Waals surface area (Å²) in [7, 11) is 0. The van der Waals surface area contributed by atoms with E-state index in [1.54, 1.807) is 0 Å². The molecule has 1 heterocycles. The van der Waals surface area contributed by atoms with Crippen molar-refractivity contribution in [1.29, 1.82) is 0 Å². The molecule has 9 nitrogen and oxygen atoms in total. The van der Waals surface area contributed by atoms with Crippen LogP contribution in [0, 0.1) is 10.1 Å². The monoisotopic (exact) mass is 270 g/mol. The summed E-state index contributed by atoms with van der Waals surface area (Å²) in [5.41, 5.74) is -0.843. The number of carbonyl (C=O) groups excluding carboxylic acids is 1. The highest BCUT2D eigenvalue weighted by atomic mass is 16.6. The van der Waals surface area contributed by atoms with Gasteiger partial charge in [-0.15, -0.1) is 0 Å². The van der Waals surface area contributed by atoms with Gasteiger partial charge < -0.3 is 10.4 Å². The summed E-state index contributed by atoms with van der Waals surface area (Å²) in [5.74, 6) is -2.03. The zero-order valence-corrected chi connectivity index (χ0v) is 10.3. The van der Waals surface area contributed by atoms with Crippen LogP contribution >= 0.6 is 0 Å². The lowest BCUT2D eigenvalue weighted by Gasteiger charge is -2.12. The number of carboxylic acid groups (broad SMARTS) is 1. The maximum atomic E-state index is 11.8. The fraction of sp³-hybridized carbons (Fsp3) is 0.500. The molecule has 0 saturated carbocycles. The maximum Gasteiger partial charge on any atom is 0.326 e. The van der Waals surface area contributed by atoms with Gasteiger partial charge in [0.2, 0.25) is 5.69 Å². The fourth-order valence-corrected chi connectivity index (χ4v) is 1.48. The minimum atomic E-state index is -1.18. The van der Waals surface area contributed by atoms with Crippen molar-refractivity contribution < 1.29 is 19.6 Å². The zero-order chi connectivity index (χ0) is 14.4. The molecule has 0 fully saturated rings. The van der Waals surface area contributed by atoms with Crippen LogP contribution in [0.2, 0.25) is 0 Å². The minimum absolute atomic E-state index is 0.263. The van der Waals surface area contributed by atoms with Crippen LogP contribution in [0.1, 0.15) is 36.7 Å². The number of carboxylic acids is 1. The summed E-state index contributed by atoms with van der Waals surface area (Å²) in [4.78, 5) is 32.6. The van der Waals surface area contributed by atoms with Crippen molar-refractivity contribution in [2.75, 3.05) is 0 Å². The highest BCUT2D eigenvalue weighted by Gasteiger charge is 2.26. The lowest BCUT2D eigenvalue weighted by atomic mass is 10.1. The molecule has 0 saturated heterocycles. The van der Waals surface area contributed by atoms with Crippen molar-refractivity contribution in [2.45, 2.75) is 32.2 Å². The molecular formula is C10H14N4O5. The number of nitro groups is 1. The smallest absolute Gasteiger partial charge is 0.326 e. The molecule has 0 unspecified atom stereocenters. The van der Waals surface area contributed by atoms with Crippen LogP contribution in [0.3, 0.4) is 0 Å². The summed E-state index contributed by atoms with van der Waals surface area (Å²) in [6.45, 7) is 1.89. The summed E-state index contributed by atoms with van der Waals surface area (Å²) >= 11 is 0. The van der Waals surface area contributed by atoms with Gasteiger partial charge in [0.05, 0.1) is 4.92 Å². The third kappa shape index (κ3) is 3.76. The number of nitrogens with zero attached hydrogens (tertiary/aromatic N) is 2. The molecule has 1 atom stereocenters. The first-order valence-corrected chi connectivity index (χ1v) is 5.68. The zero-order valence-electron chi connectivity index (χ0n) is 10.3. The largest absolute Gasteiger partial charge is 0.480 e. The van der Waals surface area contributed by atoms with E-state index in [-0.39, 0.29) is 12.1 Å². The van der Waals surface area contributed by atoms with Gasteiger partial charge in [0, 0.05) is 0 Å². The van der Waals surface area contributed by atoms with Crippen LogP contribution in [0.25, 0.3) is 0 Å². The van der Waals surface area contributed by atoms with Crippen molar-refractivity contribution in [1.82, 2.24) is 15.5 Å². The molecule has 0 aromatic carbocycles. The van der Waals surface area contributed by atoms with Crippen LogP contribution in [-0.4, -0.2) is 38.1 Å². The van der Waals surface area contributed by atoms with Gasteiger partial charge in [0.1, 0.15) is 12.2 Å². The van der Waals surface area contributed by atoms with Gasteiger partial charge in [-0.25, -0.2) is 4.79 Å². The predicted molar refractivity (Wildman–Crippen MR) is 63.7 cm³/mol. The van der Waals surface area contributed by atoms with Crippen molar-refractivity contribution in [3.8, 4) is 0 Å². The van der Waals surface area contributed by atoms with Crippen LogP contribution in [-0.2, 0) is 4.79 Å². The number of carbonyl (C=O) groups is 2. The first-order valence-electron chi connectivity index (χ1n) is 5.68. The van der Waals surface area contributed by atoms with Crippen molar-refractivity contribution in [3.63, 3.8) is 0 Å². The van der Waals surface area contributed by atoms with E-state index >= 15 is 0 Å². The van der Waals surface area contributed by atoms with E-state index in [1.807, 2.05) is 6.92 Å². The molecule has 19 heavy (non-hydrogen) atoms. The van der Waals surface area contributed by atoms with E-state index in [1.165, 1.54) is 0 Å². The SMILES string of the molecule is CCCC[C@H](NC(=O)c1[nH]ncc1[N+](=O)[O-])C(=O)O. The van der Waals surface area contributed by atoms with Crippen molar-refractivity contribution >= 4 is 17.6 Å². The van der Waals surface area contributed by atoms with Crippen molar-refractivity contribution in [2.24, 2.45) is 0 Å². The summed E-state index contributed by atoms with van der Waals surface area (Å²) in [6, 6.07) is -1.07. The second kappa shape index (κ2) is 6.47. The van der Waals surface area contributed by atoms with Gasteiger partial charge in [0.25, 0.3) is 5.91 Å². The number of aromatic amines is 1. The number of H-pyrrole nitrogens is 1. The van der Waals surface area contributed by atoms with E-state index in [9.17, 15) is 19.7 Å². The number of hydrogen-bond donors (Lipinski definition) is 3. The Morgan fingerprint density at radius 3 is 2.84 bits per heavy atom. The number of unbranched alkanes of at least 4 members (excludes halogenated alkanes) is 1.